The summed E-state index contributed by atoms with van der Waals surface area (Å²) < 4.78 is 52.0. The van der Waals surface area contributed by atoms with E-state index in [1.807, 2.05) is 0 Å². The fraction of sp³-hybridized carbons (Fsp3) is 0.583. The van der Waals surface area contributed by atoms with Crippen molar-refractivity contribution in [3.8, 4) is 6.07 Å². The molecular weight excluding hydrogens is 495 g/mol. The van der Waals surface area contributed by atoms with Crippen LogP contribution in [0.5, 0.6) is 0 Å². The van der Waals surface area contributed by atoms with Crippen molar-refractivity contribution in [1.82, 2.24) is 5.32 Å². The number of nitrogens with zero attached hydrogens (tertiary/aromatic N) is 2. The van der Waals surface area contributed by atoms with Gasteiger partial charge in [-0.1, -0.05) is 19.6 Å². The summed E-state index contributed by atoms with van der Waals surface area (Å²) in [6.45, 7) is 10.0. The lowest BCUT2D eigenvalue weighted by molar-refractivity contribution is -0.138. The number of rotatable bonds is 5. The predicted molar refractivity (Wildman–Crippen MR) is 125 cm³/mol. The molecule has 3 aliphatic rings. The van der Waals surface area contributed by atoms with Crippen LogP contribution in [0.15, 0.2) is 18.2 Å². The smallest absolute Gasteiger partial charge is 0.417 e. The van der Waals surface area contributed by atoms with Gasteiger partial charge in [0.1, 0.15) is 0 Å². The Morgan fingerprint density at radius 2 is 1.89 bits per heavy atom. The van der Waals surface area contributed by atoms with Crippen molar-refractivity contribution in [2.24, 2.45) is 11.8 Å². The number of carbonyl (C=O) groups is 3. The molecule has 8 nitrogen and oxygen atoms in total. The molecule has 3 heterocycles. The van der Waals surface area contributed by atoms with Gasteiger partial charge in [-0.15, -0.1) is 0 Å². The predicted octanol–water partition coefficient (Wildman–Crippen LogP) is 4.07. The van der Waals surface area contributed by atoms with Gasteiger partial charge < -0.3 is 14.8 Å². The largest absolute Gasteiger partial charge is 0.450 e. The maximum atomic E-state index is 13.5. The first kappa shape index (κ1) is 26.2. The van der Waals surface area contributed by atoms with E-state index in [1.165, 1.54) is 6.07 Å². The second kappa shape index (κ2) is 8.31. The molecule has 0 spiro atoms. The summed E-state index contributed by atoms with van der Waals surface area (Å²) in [6, 6.07) is 4.39. The van der Waals surface area contributed by atoms with E-state index in [0.717, 1.165) is 23.1 Å². The molecule has 1 aromatic rings. The molecule has 1 aromatic carbocycles. The number of carbonyl (C=O) groups excluding carboxylic acids is 3. The first-order valence-corrected chi connectivity index (χ1v) is 15.4. The van der Waals surface area contributed by atoms with Crippen molar-refractivity contribution in [2.75, 3.05) is 11.5 Å². The zero-order valence-corrected chi connectivity index (χ0v) is 21.7. The third-order valence-corrected chi connectivity index (χ3v) is 9.10. The highest BCUT2D eigenvalue weighted by Crippen LogP contribution is 2.61. The zero-order valence-electron chi connectivity index (χ0n) is 20.7. The second-order valence-corrected chi connectivity index (χ2v) is 16.9. The van der Waals surface area contributed by atoms with Gasteiger partial charge in [0.25, 0.3) is 0 Å². The second-order valence-electron chi connectivity index (χ2n) is 11.3. The van der Waals surface area contributed by atoms with Gasteiger partial charge >= 0.3 is 12.3 Å². The van der Waals surface area contributed by atoms with E-state index in [2.05, 4.69) is 25.0 Å². The molecule has 0 radical (unpaired) electrons. The van der Waals surface area contributed by atoms with Crippen LogP contribution in [0.1, 0.15) is 31.4 Å². The molecule has 4 rings (SSSR count). The Morgan fingerprint density at radius 3 is 2.47 bits per heavy atom. The van der Waals surface area contributed by atoms with E-state index in [-0.39, 0.29) is 18.7 Å². The Bertz CT molecular complexity index is 1180. The number of anilines is 1. The lowest BCUT2D eigenvalue weighted by atomic mass is 9.66. The number of amides is 3. The van der Waals surface area contributed by atoms with Crippen molar-refractivity contribution in [3.05, 3.63) is 29.3 Å². The van der Waals surface area contributed by atoms with Crippen LogP contribution in [0.4, 0.5) is 23.7 Å². The molecule has 2 bridgehead atoms. The SMILES string of the molecule is C[C@]12O[C@](C)(C[C@H]1NC(=O)OCC[Si](C)(C)C)[C@H]1C(=O)N(c3ccc(C#N)c(C(F)(F)F)c3)C(=O)[C@H]12. The molecule has 3 aliphatic heterocycles. The van der Waals surface area contributed by atoms with Crippen molar-refractivity contribution in [3.63, 3.8) is 0 Å². The van der Waals surface area contributed by atoms with Crippen LogP contribution >= 0.6 is 0 Å². The highest BCUT2D eigenvalue weighted by atomic mass is 28.3. The number of imide groups is 1. The molecule has 3 saturated heterocycles. The Kier molecular flexibility index (Phi) is 6.04. The number of fused-ring (bicyclic) bond motifs is 5. The number of ether oxygens (including phenoxy) is 2. The molecule has 3 amide bonds. The van der Waals surface area contributed by atoms with Gasteiger partial charge in [0.2, 0.25) is 11.8 Å². The van der Waals surface area contributed by atoms with Crippen molar-refractivity contribution < 1.29 is 37.0 Å². The fourth-order valence-electron chi connectivity index (χ4n) is 5.64. The molecule has 0 aromatic heterocycles. The lowest BCUT2D eigenvalue weighted by Gasteiger charge is -2.35. The van der Waals surface area contributed by atoms with Gasteiger partial charge in [-0.3, -0.25) is 9.59 Å². The topological polar surface area (TPSA) is 109 Å². The average Bonchev–Trinajstić information content (AvgIpc) is 3.26. The van der Waals surface area contributed by atoms with E-state index in [1.54, 1.807) is 13.8 Å². The van der Waals surface area contributed by atoms with E-state index in [9.17, 15) is 27.6 Å². The molecule has 1 N–H and O–H groups in total. The van der Waals surface area contributed by atoms with Crippen molar-refractivity contribution in [1.29, 1.82) is 5.26 Å². The third kappa shape index (κ3) is 4.18. The summed E-state index contributed by atoms with van der Waals surface area (Å²) in [5.41, 5.74) is -4.44. The number of benzene rings is 1. The normalized spacial score (nSPS) is 31.4. The van der Waals surface area contributed by atoms with Crippen LogP contribution in [0.25, 0.3) is 0 Å². The van der Waals surface area contributed by atoms with Gasteiger partial charge in [0, 0.05) is 14.5 Å². The standard InChI is InChI=1S/C24H28F3N3O5Si/c1-22-11-16(29-21(33)34-8-9-36(3,4)5)23(2,35-22)18-17(22)19(31)30(20(18)32)14-7-6-13(12-28)15(10-14)24(25,26)27/h6-7,10,16-18H,8-9,11H2,1-5H3,(H,29,33)/t16-,17-,18+,22-,23+/m1/s1. The summed E-state index contributed by atoms with van der Waals surface area (Å²) in [7, 11) is -1.41. The van der Waals surface area contributed by atoms with E-state index in [4.69, 9.17) is 14.7 Å². The minimum atomic E-state index is -4.84. The Hall–Kier alpha value is -2.91. The van der Waals surface area contributed by atoms with E-state index in [0.29, 0.717) is 6.07 Å². The minimum absolute atomic E-state index is 0.238. The highest BCUT2D eigenvalue weighted by molar-refractivity contribution is 6.76. The maximum absolute atomic E-state index is 13.5. The molecule has 3 fully saturated rings. The van der Waals surface area contributed by atoms with Crippen LogP contribution in [-0.2, 0) is 25.2 Å². The van der Waals surface area contributed by atoms with Crippen molar-refractivity contribution >= 4 is 31.7 Å². The summed E-state index contributed by atoms with van der Waals surface area (Å²) in [5.74, 6) is -3.28. The number of halogens is 3. The molecule has 36 heavy (non-hydrogen) atoms. The monoisotopic (exact) mass is 523 g/mol. The average molecular weight is 524 g/mol. The molecule has 5 atom stereocenters. The first-order chi connectivity index (χ1) is 16.5. The molecule has 0 aliphatic carbocycles. The number of nitriles is 1. The van der Waals surface area contributed by atoms with E-state index >= 15 is 0 Å². The quantitative estimate of drug-likeness (QED) is 0.461. The summed E-state index contributed by atoms with van der Waals surface area (Å²) in [6.07, 6.45) is -5.25. The summed E-state index contributed by atoms with van der Waals surface area (Å²) >= 11 is 0. The Balaban J connectivity index is 1.59. The van der Waals surface area contributed by atoms with Gasteiger partial charge in [-0.2, -0.15) is 18.4 Å². The number of nitrogens with one attached hydrogen (secondary N) is 1. The molecule has 194 valence electrons. The third-order valence-electron chi connectivity index (χ3n) is 7.40. The van der Waals surface area contributed by atoms with Gasteiger partial charge in [0.05, 0.1) is 58.6 Å². The Labute approximate surface area is 207 Å². The van der Waals surface area contributed by atoms with Crippen molar-refractivity contribution in [2.45, 2.75) is 69.4 Å². The van der Waals surface area contributed by atoms with Crippen LogP contribution in [0.2, 0.25) is 25.7 Å². The van der Waals surface area contributed by atoms with E-state index < -0.39 is 72.4 Å². The zero-order chi connectivity index (χ0) is 26.8. The lowest BCUT2D eigenvalue weighted by Crippen LogP contribution is -2.56. The first-order valence-electron chi connectivity index (χ1n) is 11.6. The number of hydrogen-bond donors (Lipinski definition) is 1. The molecule has 0 unspecified atom stereocenters. The molecule has 0 saturated carbocycles. The molecule has 12 heteroatoms. The minimum Gasteiger partial charge on any atom is -0.450 e. The number of hydrogen-bond acceptors (Lipinski definition) is 6. The summed E-state index contributed by atoms with van der Waals surface area (Å²) in [5, 5.41) is 11.8. The van der Waals surface area contributed by atoms with Crippen LogP contribution in [0, 0.1) is 23.2 Å². The Morgan fingerprint density at radius 1 is 1.25 bits per heavy atom. The summed E-state index contributed by atoms with van der Waals surface area (Å²) in [4.78, 5) is 40.1. The number of alkyl halides is 3. The van der Waals surface area contributed by atoms with Crippen LogP contribution < -0.4 is 10.2 Å². The highest BCUT2D eigenvalue weighted by Gasteiger charge is 2.76. The van der Waals surface area contributed by atoms with Crippen LogP contribution in [0.3, 0.4) is 0 Å². The van der Waals surface area contributed by atoms with Gasteiger partial charge in [0.15, 0.2) is 0 Å². The number of alkyl carbamates (subject to hydrolysis) is 1. The van der Waals surface area contributed by atoms with Crippen LogP contribution in [-0.4, -0.2) is 49.8 Å². The van der Waals surface area contributed by atoms with Gasteiger partial charge in [-0.05, 0) is 38.1 Å². The van der Waals surface area contributed by atoms with Gasteiger partial charge in [-0.25, -0.2) is 9.69 Å². The fourth-order valence-corrected chi connectivity index (χ4v) is 6.36. The maximum Gasteiger partial charge on any atom is 0.417 e. The molecular formula is C24H28F3N3O5Si.